The number of halogens is 4. The van der Waals surface area contributed by atoms with Crippen molar-refractivity contribution in [3.63, 3.8) is 0 Å². The first kappa shape index (κ1) is 20.7. The molecule has 0 saturated heterocycles. The highest BCUT2D eigenvalue weighted by Crippen LogP contribution is 2.34. The van der Waals surface area contributed by atoms with Crippen molar-refractivity contribution in [2.75, 3.05) is 6.61 Å². The number of H-pyrrole nitrogens is 1. The number of nitrogens with one attached hydrogen (secondary N) is 1. The van der Waals surface area contributed by atoms with Crippen LogP contribution in [-0.2, 0) is 0 Å². The zero-order valence-corrected chi connectivity index (χ0v) is 15.7. The maximum absolute atomic E-state index is 13.4. The second kappa shape index (κ2) is 9.45. The Bertz CT molecular complexity index is 963. The van der Waals surface area contributed by atoms with Gasteiger partial charge in [-0.3, -0.25) is 0 Å². The van der Waals surface area contributed by atoms with Gasteiger partial charge in [0.15, 0.2) is 23.1 Å². The lowest BCUT2D eigenvalue weighted by Gasteiger charge is -2.14. The van der Waals surface area contributed by atoms with Crippen LogP contribution in [-0.4, -0.2) is 23.2 Å². The minimum Gasteiger partial charge on any atom is -0.489 e. The van der Waals surface area contributed by atoms with Gasteiger partial charge in [-0.1, -0.05) is 31.9 Å². The molecule has 154 valence electrons. The molecule has 0 saturated carbocycles. The average molecular weight is 408 g/mol. The van der Waals surface area contributed by atoms with Crippen molar-refractivity contribution in [2.45, 2.75) is 32.8 Å². The summed E-state index contributed by atoms with van der Waals surface area (Å²) in [5, 5.41) is 0. The van der Waals surface area contributed by atoms with E-state index in [2.05, 4.69) is 14.7 Å². The van der Waals surface area contributed by atoms with Gasteiger partial charge in [-0.25, -0.2) is 13.8 Å². The predicted octanol–water partition coefficient (Wildman–Crippen LogP) is 6.18. The van der Waals surface area contributed by atoms with Crippen molar-refractivity contribution in [3.8, 4) is 11.5 Å². The van der Waals surface area contributed by atoms with E-state index >= 15 is 0 Å². The first-order chi connectivity index (χ1) is 14.0. The molecule has 8 heteroatoms. The van der Waals surface area contributed by atoms with Crippen LogP contribution in [0.1, 0.15) is 37.6 Å². The van der Waals surface area contributed by atoms with Crippen LogP contribution < -0.4 is 9.47 Å². The number of aromatic nitrogens is 2. The number of nitrogens with zero attached hydrogens (tertiary/aromatic N) is 1. The summed E-state index contributed by atoms with van der Waals surface area (Å²) in [6.45, 7) is -0.568. The van der Waals surface area contributed by atoms with E-state index in [-0.39, 0.29) is 17.0 Å². The summed E-state index contributed by atoms with van der Waals surface area (Å²) in [5.41, 5.74) is 1.13. The van der Waals surface area contributed by atoms with Gasteiger partial charge >= 0.3 is 6.61 Å². The van der Waals surface area contributed by atoms with Gasteiger partial charge in [0.05, 0.1) is 17.6 Å². The zero-order valence-electron chi connectivity index (χ0n) is 15.7. The third kappa shape index (κ3) is 5.28. The van der Waals surface area contributed by atoms with E-state index in [0.29, 0.717) is 23.5 Å². The quantitative estimate of drug-likeness (QED) is 0.340. The molecular formula is C21H20F4N2O2. The molecule has 1 N–H and O–H groups in total. The number of hydrogen-bond acceptors (Lipinski definition) is 3. The number of alkyl halides is 2. The molecule has 0 atom stereocenters. The van der Waals surface area contributed by atoms with Crippen molar-refractivity contribution in [3.05, 3.63) is 53.4 Å². The van der Waals surface area contributed by atoms with E-state index in [9.17, 15) is 17.6 Å². The van der Waals surface area contributed by atoms with Gasteiger partial charge in [0.1, 0.15) is 5.82 Å². The maximum atomic E-state index is 13.4. The first-order valence-electron chi connectivity index (χ1n) is 9.21. The van der Waals surface area contributed by atoms with Gasteiger partial charge in [0.2, 0.25) is 0 Å². The molecule has 3 rings (SSSR count). The third-order valence-electron chi connectivity index (χ3n) is 4.18. The standard InChI is InChI=1S/C21H20F4N2O2/c1-2-3-4-10-28-20-13(6-5-7-18(20)29-21(24)25)8-9-19-26-16-11-14(22)15(23)12-17(16)27-19/h5-9,11-12,21H,2-4,10H2,1H3,(H,26,27)/b9-8+. The first-order valence-corrected chi connectivity index (χ1v) is 9.21. The number of unbranched alkanes of at least 4 members (excludes halogenated alkanes) is 2. The fourth-order valence-corrected chi connectivity index (χ4v) is 2.81. The third-order valence-corrected chi connectivity index (χ3v) is 4.18. The van der Waals surface area contributed by atoms with Gasteiger partial charge in [-0.15, -0.1) is 0 Å². The fraction of sp³-hybridized carbons (Fsp3) is 0.286. The highest BCUT2D eigenvalue weighted by Gasteiger charge is 2.14. The molecule has 0 unspecified atom stereocenters. The van der Waals surface area contributed by atoms with E-state index in [0.717, 1.165) is 31.4 Å². The predicted molar refractivity (Wildman–Crippen MR) is 103 cm³/mol. The van der Waals surface area contributed by atoms with Crippen molar-refractivity contribution in [1.29, 1.82) is 0 Å². The topological polar surface area (TPSA) is 47.1 Å². The Hall–Kier alpha value is -3.03. The molecule has 2 aromatic carbocycles. The van der Waals surface area contributed by atoms with E-state index in [1.165, 1.54) is 6.07 Å². The number of hydrogen-bond donors (Lipinski definition) is 1. The largest absolute Gasteiger partial charge is 0.489 e. The number of fused-ring (bicyclic) bond motifs is 1. The number of rotatable bonds is 9. The van der Waals surface area contributed by atoms with Gasteiger partial charge in [-0.2, -0.15) is 8.78 Å². The molecule has 0 aliphatic rings. The number of aromatic amines is 1. The number of ether oxygens (including phenoxy) is 2. The van der Waals surface area contributed by atoms with E-state index in [4.69, 9.17) is 4.74 Å². The van der Waals surface area contributed by atoms with Crippen LogP contribution in [0.25, 0.3) is 23.2 Å². The normalized spacial score (nSPS) is 11.7. The van der Waals surface area contributed by atoms with Gasteiger partial charge in [-0.05, 0) is 24.6 Å². The van der Waals surface area contributed by atoms with Crippen LogP contribution in [0.2, 0.25) is 0 Å². The molecule has 4 nitrogen and oxygen atoms in total. The van der Waals surface area contributed by atoms with Crippen LogP contribution in [0.4, 0.5) is 17.6 Å². The van der Waals surface area contributed by atoms with Crippen LogP contribution in [0.5, 0.6) is 11.5 Å². The highest BCUT2D eigenvalue weighted by molar-refractivity contribution is 5.80. The van der Waals surface area contributed by atoms with E-state index < -0.39 is 18.2 Å². The Morgan fingerprint density at radius 1 is 1.10 bits per heavy atom. The fourth-order valence-electron chi connectivity index (χ4n) is 2.81. The molecular weight excluding hydrogens is 388 g/mol. The van der Waals surface area contributed by atoms with Crippen molar-refractivity contribution < 1.29 is 27.0 Å². The smallest absolute Gasteiger partial charge is 0.387 e. The Labute approximate surface area is 165 Å². The van der Waals surface area contributed by atoms with Gasteiger partial charge < -0.3 is 14.5 Å². The Morgan fingerprint density at radius 3 is 2.66 bits per heavy atom. The number of imidazole rings is 1. The Morgan fingerprint density at radius 2 is 1.90 bits per heavy atom. The summed E-state index contributed by atoms with van der Waals surface area (Å²) in [6.07, 6.45) is 5.91. The number of benzene rings is 2. The monoisotopic (exact) mass is 408 g/mol. The summed E-state index contributed by atoms with van der Waals surface area (Å²) >= 11 is 0. The average Bonchev–Trinajstić information content (AvgIpc) is 3.06. The molecule has 1 aromatic heterocycles. The van der Waals surface area contributed by atoms with Crippen molar-refractivity contribution in [1.82, 2.24) is 9.97 Å². The molecule has 3 aromatic rings. The molecule has 29 heavy (non-hydrogen) atoms. The minimum atomic E-state index is -2.98. The summed E-state index contributed by atoms with van der Waals surface area (Å²) in [5.74, 6) is -1.47. The summed E-state index contributed by atoms with van der Waals surface area (Å²) < 4.78 is 62.5. The lowest BCUT2D eigenvalue weighted by atomic mass is 10.1. The molecule has 0 bridgehead atoms. The van der Waals surface area contributed by atoms with E-state index in [1.807, 2.05) is 6.92 Å². The number of para-hydroxylation sites is 1. The SMILES string of the molecule is CCCCCOc1c(/C=C/c2nc3cc(F)c(F)cc3[nH]2)cccc1OC(F)F. The molecule has 0 amide bonds. The van der Waals surface area contributed by atoms with Gasteiger partial charge in [0.25, 0.3) is 0 Å². The molecule has 0 spiro atoms. The minimum absolute atomic E-state index is 0.0626. The van der Waals surface area contributed by atoms with Crippen LogP contribution >= 0.6 is 0 Å². The molecule has 0 radical (unpaired) electrons. The molecule has 0 aliphatic carbocycles. The lowest BCUT2D eigenvalue weighted by Crippen LogP contribution is -2.06. The van der Waals surface area contributed by atoms with Crippen LogP contribution in [0.3, 0.4) is 0 Å². The maximum Gasteiger partial charge on any atom is 0.387 e. The second-order valence-corrected chi connectivity index (χ2v) is 6.35. The molecule has 0 aliphatic heterocycles. The lowest BCUT2D eigenvalue weighted by molar-refractivity contribution is -0.0515. The molecule has 1 heterocycles. The van der Waals surface area contributed by atoms with Gasteiger partial charge in [0, 0.05) is 17.7 Å². The van der Waals surface area contributed by atoms with E-state index in [1.54, 1.807) is 24.3 Å². The Balaban J connectivity index is 1.88. The zero-order chi connectivity index (χ0) is 20.8. The molecule has 0 fully saturated rings. The summed E-state index contributed by atoms with van der Waals surface area (Å²) in [4.78, 5) is 7.04. The highest BCUT2D eigenvalue weighted by atomic mass is 19.3. The Kier molecular flexibility index (Phi) is 6.74. The summed E-state index contributed by atoms with van der Waals surface area (Å²) in [6, 6.07) is 6.68. The summed E-state index contributed by atoms with van der Waals surface area (Å²) in [7, 11) is 0. The van der Waals surface area contributed by atoms with Crippen molar-refractivity contribution >= 4 is 23.2 Å². The van der Waals surface area contributed by atoms with Crippen LogP contribution in [0.15, 0.2) is 30.3 Å². The second-order valence-electron chi connectivity index (χ2n) is 6.35. The van der Waals surface area contributed by atoms with Crippen LogP contribution in [0, 0.1) is 11.6 Å². The van der Waals surface area contributed by atoms with Crippen molar-refractivity contribution in [2.24, 2.45) is 0 Å².